The van der Waals surface area contributed by atoms with Gasteiger partial charge in [-0.1, -0.05) is 11.6 Å². The second-order valence-corrected chi connectivity index (χ2v) is 8.58. The van der Waals surface area contributed by atoms with E-state index in [9.17, 15) is 8.78 Å². The van der Waals surface area contributed by atoms with Crippen molar-refractivity contribution in [2.75, 3.05) is 4.72 Å². The molecule has 1 aromatic carbocycles. The van der Waals surface area contributed by atoms with Crippen molar-refractivity contribution in [2.45, 2.75) is 50.7 Å². The number of nitrogens with zero attached hydrogens (tertiary/aromatic N) is 1. The third kappa shape index (κ3) is 3.94. The van der Waals surface area contributed by atoms with Gasteiger partial charge in [0.2, 0.25) is 0 Å². The zero-order valence-corrected chi connectivity index (χ0v) is 17.3. The lowest BCUT2D eigenvalue weighted by Gasteiger charge is -2.32. The maximum Gasteiger partial charge on any atom is 0.496 e. The summed E-state index contributed by atoms with van der Waals surface area (Å²) < 4.78 is 42.1. The van der Waals surface area contributed by atoms with Gasteiger partial charge in [0.1, 0.15) is 11.6 Å². The molecular formula is C18H20BClF2N2O2S. The Balaban J connectivity index is 1.86. The SMILES string of the molecule is Cc1c(B2OC(C)(C)C(C)(C)O2)cnc(Cl)c1NSc1ccc(F)cc1F. The monoisotopic (exact) mass is 412 g/mol. The number of benzene rings is 1. The molecule has 1 aromatic heterocycles. The van der Waals surface area contributed by atoms with E-state index in [1.807, 2.05) is 34.6 Å². The number of hydrogen-bond donors (Lipinski definition) is 1. The van der Waals surface area contributed by atoms with Crippen molar-refractivity contribution in [1.29, 1.82) is 0 Å². The largest absolute Gasteiger partial charge is 0.496 e. The van der Waals surface area contributed by atoms with E-state index < -0.39 is 30.0 Å². The second kappa shape index (κ2) is 7.24. The second-order valence-electron chi connectivity index (χ2n) is 7.37. The van der Waals surface area contributed by atoms with Crippen molar-refractivity contribution >= 4 is 41.8 Å². The Morgan fingerprint density at radius 3 is 2.37 bits per heavy atom. The van der Waals surface area contributed by atoms with Crippen LogP contribution in [0.1, 0.15) is 33.3 Å². The van der Waals surface area contributed by atoms with Crippen LogP contribution < -0.4 is 10.2 Å². The van der Waals surface area contributed by atoms with E-state index in [1.165, 1.54) is 12.1 Å². The third-order valence-corrected chi connectivity index (χ3v) is 6.14. The zero-order chi connectivity index (χ0) is 20.0. The Kier molecular flexibility index (Phi) is 5.47. The predicted octanol–water partition coefficient (Wildman–Crippen LogP) is 4.74. The average Bonchev–Trinajstić information content (AvgIpc) is 2.76. The number of hydrogen-bond acceptors (Lipinski definition) is 5. The van der Waals surface area contributed by atoms with Gasteiger partial charge in [-0.2, -0.15) is 0 Å². The molecule has 1 N–H and O–H groups in total. The molecule has 0 atom stereocenters. The van der Waals surface area contributed by atoms with Crippen LogP contribution in [0, 0.1) is 18.6 Å². The molecule has 0 saturated carbocycles. The van der Waals surface area contributed by atoms with Crippen LogP contribution in [0.25, 0.3) is 0 Å². The van der Waals surface area contributed by atoms with Crippen LogP contribution in [-0.4, -0.2) is 23.3 Å². The summed E-state index contributed by atoms with van der Waals surface area (Å²) in [4.78, 5) is 4.45. The number of rotatable bonds is 4. The topological polar surface area (TPSA) is 43.4 Å². The maximum atomic E-state index is 13.9. The Morgan fingerprint density at radius 1 is 1.15 bits per heavy atom. The highest BCUT2D eigenvalue weighted by molar-refractivity contribution is 8.00. The highest BCUT2D eigenvalue weighted by Crippen LogP contribution is 2.37. The van der Waals surface area contributed by atoms with E-state index >= 15 is 0 Å². The van der Waals surface area contributed by atoms with Gasteiger partial charge in [0, 0.05) is 17.7 Å². The fourth-order valence-electron chi connectivity index (χ4n) is 2.58. The van der Waals surface area contributed by atoms with E-state index in [0.717, 1.165) is 29.0 Å². The van der Waals surface area contributed by atoms with Crippen molar-refractivity contribution < 1.29 is 18.1 Å². The van der Waals surface area contributed by atoms with Gasteiger partial charge in [0.15, 0.2) is 5.15 Å². The summed E-state index contributed by atoms with van der Waals surface area (Å²) in [6, 6.07) is 3.38. The minimum atomic E-state index is -0.656. The van der Waals surface area contributed by atoms with Crippen LogP contribution in [-0.2, 0) is 9.31 Å². The Bertz CT molecular complexity index is 867. The molecule has 0 spiro atoms. The summed E-state index contributed by atoms with van der Waals surface area (Å²) in [7, 11) is -0.590. The molecule has 2 aromatic rings. The molecule has 1 aliphatic heterocycles. The van der Waals surface area contributed by atoms with Crippen LogP contribution in [0.2, 0.25) is 5.15 Å². The zero-order valence-electron chi connectivity index (χ0n) is 15.7. The molecule has 27 heavy (non-hydrogen) atoms. The molecule has 144 valence electrons. The van der Waals surface area contributed by atoms with Crippen molar-refractivity contribution in [2.24, 2.45) is 0 Å². The van der Waals surface area contributed by atoms with Gasteiger partial charge in [-0.3, -0.25) is 0 Å². The summed E-state index contributed by atoms with van der Waals surface area (Å²) in [5.74, 6) is -1.29. The minimum Gasteiger partial charge on any atom is -0.399 e. The smallest absolute Gasteiger partial charge is 0.399 e. The van der Waals surface area contributed by atoms with Crippen LogP contribution in [0.5, 0.6) is 0 Å². The summed E-state index contributed by atoms with van der Waals surface area (Å²) >= 11 is 7.22. The molecule has 2 heterocycles. The lowest BCUT2D eigenvalue weighted by atomic mass is 9.77. The first-order valence-corrected chi connectivity index (χ1v) is 9.60. The molecule has 0 radical (unpaired) electrons. The summed E-state index contributed by atoms with van der Waals surface area (Å²) in [5, 5.41) is 0.239. The first-order chi connectivity index (χ1) is 12.5. The van der Waals surface area contributed by atoms with Crippen LogP contribution in [0.4, 0.5) is 14.5 Å². The molecule has 0 unspecified atom stereocenters. The van der Waals surface area contributed by atoms with Gasteiger partial charge < -0.3 is 14.0 Å². The summed E-state index contributed by atoms with van der Waals surface area (Å²) in [6.07, 6.45) is 1.62. The lowest BCUT2D eigenvalue weighted by molar-refractivity contribution is 0.00578. The van der Waals surface area contributed by atoms with Gasteiger partial charge in [0.25, 0.3) is 0 Å². The average molecular weight is 413 g/mol. The van der Waals surface area contributed by atoms with Crippen molar-refractivity contribution in [3.05, 3.63) is 46.7 Å². The standard InChI is InChI=1S/C18H20BClF2N2O2S/c1-10-12(19-25-17(2,3)18(4,5)26-19)9-23-16(20)15(10)24-27-14-7-6-11(21)8-13(14)22/h6-9,24H,1-5H3. The molecule has 0 aliphatic carbocycles. The molecule has 1 saturated heterocycles. The Hall–Kier alpha value is -1.35. The number of anilines is 1. The number of nitrogens with one attached hydrogen (secondary N) is 1. The molecule has 0 amide bonds. The van der Waals surface area contributed by atoms with Gasteiger partial charge in [-0.05, 0) is 64.3 Å². The first kappa shape index (κ1) is 20.4. The molecule has 1 aliphatic rings. The minimum absolute atomic E-state index is 0.239. The van der Waals surface area contributed by atoms with E-state index in [0.29, 0.717) is 5.69 Å². The van der Waals surface area contributed by atoms with Gasteiger partial charge >= 0.3 is 7.12 Å². The lowest BCUT2D eigenvalue weighted by Crippen LogP contribution is -2.41. The summed E-state index contributed by atoms with van der Waals surface area (Å²) in [6.45, 7) is 9.74. The molecule has 3 rings (SSSR count). The van der Waals surface area contributed by atoms with E-state index in [2.05, 4.69) is 9.71 Å². The molecule has 4 nitrogen and oxygen atoms in total. The molecular weight excluding hydrogens is 393 g/mol. The molecule has 9 heteroatoms. The van der Waals surface area contributed by atoms with Crippen LogP contribution in [0.3, 0.4) is 0 Å². The van der Waals surface area contributed by atoms with E-state index in [1.54, 1.807) is 6.20 Å². The highest BCUT2D eigenvalue weighted by Gasteiger charge is 2.52. The highest BCUT2D eigenvalue weighted by atomic mass is 35.5. The van der Waals surface area contributed by atoms with E-state index in [-0.39, 0.29) is 10.0 Å². The Labute approximate surface area is 167 Å². The van der Waals surface area contributed by atoms with E-state index in [4.69, 9.17) is 20.9 Å². The van der Waals surface area contributed by atoms with Gasteiger partial charge in [0.05, 0.1) is 21.8 Å². The molecule has 0 bridgehead atoms. The van der Waals surface area contributed by atoms with Crippen molar-refractivity contribution in [1.82, 2.24) is 4.98 Å². The maximum absolute atomic E-state index is 13.9. The number of pyridine rings is 1. The van der Waals surface area contributed by atoms with Crippen LogP contribution >= 0.6 is 23.5 Å². The fraction of sp³-hybridized carbons (Fsp3) is 0.389. The Morgan fingerprint density at radius 2 is 1.78 bits per heavy atom. The van der Waals surface area contributed by atoms with Crippen molar-refractivity contribution in [3.8, 4) is 0 Å². The quantitative estimate of drug-likeness (QED) is 0.446. The van der Waals surface area contributed by atoms with Gasteiger partial charge in [-0.15, -0.1) is 0 Å². The predicted molar refractivity (Wildman–Crippen MR) is 106 cm³/mol. The van der Waals surface area contributed by atoms with Crippen LogP contribution in [0.15, 0.2) is 29.3 Å². The number of aromatic nitrogens is 1. The third-order valence-electron chi connectivity index (χ3n) is 5.00. The summed E-state index contributed by atoms with van der Waals surface area (Å²) in [5.41, 5.74) is 1.08. The fourth-order valence-corrected chi connectivity index (χ4v) is 3.63. The molecule has 1 fully saturated rings. The number of halogens is 3. The van der Waals surface area contributed by atoms with Crippen molar-refractivity contribution in [3.63, 3.8) is 0 Å². The normalized spacial score (nSPS) is 18.0. The van der Waals surface area contributed by atoms with Gasteiger partial charge in [-0.25, -0.2) is 13.8 Å². The first-order valence-electron chi connectivity index (χ1n) is 8.40.